The Labute approximate surface area is 111 Å². The molecule has 7 heteroatoms. The molecule has 6 nitrogen and oxygen atoms in total. The number of aromatic nitrogens is 3. The number of benzene rings is 1. The molecule has 1 aromatic carbocycles. The molecule has 0 aliphatic heterocycles. The number of nitrogens with zero attached hydrogens (tertiary/aromatic N) is 3. The van der Waals surface area contributed by atoms with Crippen LogP contribution in [0.25, 0.3) is 17.0 Å². The van der Waals surface area contributed by atoms with Gasteiger partial charge in [-0.1, -0.05) is 0 Å². The monoisotopic (exact) mass is 273 g/mol. The SMILES string of the molecule is O=C(O)c1ccc2nnc(-c3ccc(F)cc3O)n2c1. The van der Waals surface area contributed by atoms with Crippen molar-refractivity contribution < 1.29 is 19.4 Å². The van der Waals surface area contributed by atoms with Gasteiger partial charge in [0.05, 0.1) is 11.1 Å². The van der Waals surface area contributed by atoms with Crippen LogP contribution in [0.2, 0.25) is 0 Å². The van der Waals surface area contributed by atoms with Crippen molar-refractivity contribution in [3.8, 4) is 17.1 Å². The molecule has 2 N–H and O–H groups in total. The molecule has 100 valence electrons. The second-order valence-electron chi connectivity index (χ2n) is 4.14. The molecule has 0 bridgehead atoms. The number of hydrogen-bond acceptors (Lipinski definition) is 4. The Morgan fingerprint density at radius 2 is 2.00 bits per heavy atom. The van der Waals surface area contributed by atoms with Gasteiger partial charge in [-0.15, -0.1) is 10.2 Å². The first-order valence-corrected chi connectivity index (χ1v) is 5.63. The Morgan fingerprint density at radius 3 is 2.70 bits per heavy atom. The molecule has 0 atom stereocenters. The molecule has 3 aromatic rings. The number of phenols is 1. The number of hydrogen-bond donors (Lipinski definition) is 2. The van der Waals surface area contributed by atoms with Crippen molar-refractivity contribution >= 4 is 11.6 Å². The van der Waals surface area contributed by atoms with Gasteiger partial charge in [-0.2, -0.15) is 0 Å². The van der Waals surface area contributed by atoms with E-state index in [1.807, 2.05) is 0 Å². The molecule has 0 aliphatic carbocycles. The Hall–Kier alpha value is -2.96. The number of rotatable bonds is 2. The maximum absolute atomic E-state index is 13.0. The predicted octanol–water partition coefficient (Wildman–Crippen LogP) is 1.94. The predicted molar refractivity (Wildman–Crippen MR) is 67.0 cm³/mol. The summed E-state index contributed by atoms with van der Waals surface area (Å²) in [6, 6.07) is 6.39. The third-order valence-electron chi connectivity index (χ3n) is 2.85. The Morgan fingerprint density at radius 1 is 1.20 bits per heavy atom. The summed E-state index contributed by atoms with van der Waals surface area (Å²) in [5, 5.41) is 26.5. The summed E-state index contributed by atoms with van der Waals surface area (Å²) in [4.78, 5) is 11.0. The highest BCUT2D eigenvalue weighted by atomic mass is 19.1. The number of carboxylic acids is 1. The molecule has 0 spiro atoms. The minimum atomic E-state index is -1.09. The van der Waals surface area contributed by atoms with Gasteiger partial charge in [0.2, 0.25) is 0 Å². The van der Waals surface area contributed by atoms with Gasteiger partial charge >= 0.3 is 5.97 Å². The van der Waals surface area contributed by atoms with E-state index >= 15 is 0 Å². The largest absolute Gasteiger partial charge is 0.507 e. The summed E-state index contributed by atoms with van der Waals surface area (Å²) in [6.07, 6.45) is 1.34. The van der Waals surface area contributed by atoms with Crippen molar-refractivity contribution in [2.45, 2.75) is 0 Å². The van der Waals surface area contributed by atoms with Gasteiger partial charge in [0.25, 0.3) is 0 Å². The smallest absolute Gasteiger partial charge is 0.337 e. The number of carboxylic acid groups (broad SMARTS) is 1. The van der Waals surface area contributed by atoms with E-state index in [0.29, 0.717) is 5.65 Å². The lowest BCUT2D eigenvalue weighted by atomic mass is 10.2. The van der Waals surface area contributed by atoms with E-state index in [1.54, 1.807) is 0 Å². The Bertz CT molecular complexity index is 829. The van der Waals surface area contributed by atoms with Crippen LogP contribution in [0.15, 0.2) is 36.5 Å². The van der Waals surface area contributed by atoms with Crippen molar-refractivity contribution in [2.24, 2.45) is 0 Å². The van der Waals surface area contributed by atoms with Crippen molar-refractivity contribution in [1.29, 1.82) is 0 Å². The summed E-state index contributed by atoms with van der Waals surface area (Å²) in [5.41, 5.74) is 0.746. The van der Waals surface area contributed by atoms with Crippen LogP contribution in [0, 0.1) is 5.82 Å². The van der Waals surface area contributed by atoms with Crippen LogP contribution in [0.1, 0.15) is 10.4 Å². The molecule has 0 aliphatic rings. The molecule has 2 heterocycles. The van der Waals surface area contributed by atoms with Crippen LogP contribution < -0.4 is 0 Å². The zero-order chi connectivity index (χ0) is 14.3. The third-order valence-corrected chi connectivity index (χ3v) is 2.85. The van der Waals surface area contributed by atoms with E-state index in [1.165, 1.54) is 34.9 Å². The number of carbonyl (C=O) groups is 1. The van der Waals surface area contributed by atoms with Crippen LogP contribution >= 0.6 is 0 Å². The summed E-state index contributed by atoms with van der Waals surface area (Å²) in [7, 11) is 0. The fraction of sp³-hybridized carbons (Fsp3) is 0. The van der Waals surface area contributed by atoms with E-state index in [2.05, 4.69) is 10.2 Å². The summed E-state index contributed by atoms with van der Waals surface area (Å²) >= 11 is 0. The van der Waals surface area contributed by atoms with Gasteiger partial charge in [-0.3, -0.25) is 4.40 Å². The molecule has 0 radical (unpaired) electrons. The van der Waals surface area contributed by atoms with Crippen LogP contribution in [0.3, 0.4) is 0 Å². The second-order valence-corrected chi connectivity index (χ2v) is 4.14. The minimum Gasteiger partial charge on any atom is -0.507 e. The number of aromatic hydroxyl groups is 1. The van der Waals surface area contributed by atoms with Crippen LogP contribution in [-0.2, 0) is 0 Å². The molecular weight excluding hydrogens is 265 g/mol. The number of fused-ring (bicyclic) bond motifs is 1. The van der Waals surface area contributed by atoms with Crippen LogP contribution in [-0.4, -0.2) is 30.8 Å². The molecule has 0 saturated carbocycles. The van der Waals surface area contributed by atoms with Gasteiger partial charge in [0.15, 0.2) is 11.5 Å². The minimum absolute atomic E-state index is 0.0557. The number of pyridine rings is 1. The Balaban J connectivity index is 2.25. The molecule has 0 fully saturated rings. The number of halogens is 1. The topological polar surface area (TPSA) is 87.7 Å². The van der Waals surface area contributed by atoms with E-state index in [9.17, 15) is 14.3 Å². The molecule has 0 amide bonds. The fourth-order valence-corrected chi connectivity index (χ4v) is 1.89. The summed E-state index contributed by atoms with van der Waals surface area (Å²) < 4.78 is 14.4. The quantitative estimate of drug-likeness (QED) is 0.745. The molecule has 20 heavy (non-hydrogen) atoms. The normalized spacial score (nSPS) is 10.8. The maximum atomic E-state index is 13.0. The van der Waals surface area contributed by atoms with Gasteiger partial charge in [-0.05, 0) is 24.3 Å². The van der Waals surface area contributed by atoms with Gasteiger partial charge in [-0.25, -0.2) is 9.18 Å². The summed E-state index contributed by atoms with van der Waals surface area (Å²) in [6.45, 7) is 0. The lowest BCUT2D eigenvalue weighted by Crippen LogP contribution is -1.99. The number of phenolic OH excluding ortho intramolecular Hbond substituents is 1. The first-order valence-electron chi connectivity index (χ1n) is 5.63. The first-order chi connectivity index (χ1) is 9.56. The van der Waals surface area contributed by atoms with E-state index < -0.39 is 11.8 Å². The average Bonchev–Trinajstić information content (AvgIpc) is 2.81. The van der Waals surface area contributed by atoms with Crippen molar-refractivity contribution in [3.63, 3.8) is 0 Å². The Kier molecular flexibility index (Phi) is 2.60. The first kappa shape index (κ1) is 12.1. The van der Waals surface area contributed by atoms with Crippen molar-refractivity contribution in [1.82, 2.24) is 14.6 Å². The average molecular weight is 273 g/mol. The zero-order valence-electron chi connectivity index (χ0n) is 9.99. The van der Waals surface area contributed by atoms with E-state index in [4.69, 9.17) is 5.11 Å². The fourth-order valence-electron chi connectivity index (χ4n) is 1.89. The highest BCUT2D eigenvalue weighted by molar-refractivity contribution is 5.87. The van der Waals surface area contributed by atoms with Gasteiger partial charge in [0, 0.05) is 12.3 Å². The maximum Gasteiger partial charge on any atom is 0.337 e. The van der Waals surface area contributed by atoms with E-state index in [-0.39, 0.29) is 22.7 Å². The third kappa shape index (κ3) is 1.85. The standard InChI is InChI=1S/C13H8FN3O3/c14-8-2-3-9(10(18)5-8)12-16-15-11-4-1-7(13(19)20)6-17(11)12/h1-6,18H,(H,19,20). The highest BCUT2D eigenvalue weighted by Gasteiger charge is 2.14. The van der Waals surface area contributed by atoms with Crippen LogP contribution in [0.5, 0.6) is 5.75 Å². The van der Waals surface area contributed by atoms with Crippen molar-refractivity contribution in [2.75, 3.05) is 0 Å². The molecular formula is C13H8FN3O3. The van der Waals surface area contributed by atoms with Crippen LogP contribution in [0.4, 0.5) is 4.39 Å². The highest BCUT2D eigenvalue weighted by Crippen LogP contribution is 2.28. The second kappa shape index (κ2) is 4.30. The number of aromatic carboxylic acids is 1. The molecule has 0 unspecified atom stereocenters. The summed E-state index contributed by atoms with van der Waals surface area (Å²) in [5.74, 6) is -1.72. The molecule has 2 aromatic heterocycles. The van der Waals surface area contributed by atoms with Crippen molar-refractivity contribution in [3.05, 3.63) is 47.9 Å². The zero-order valence-corrected chi connectivity index (χ0v) is 9.99. The van der Waals surface area contributed by atoms with Gasteiger partial charge in [0.1, 0.15) is 11.6 Å². The lowest BCUT2D eigenvalue weighted by Gasteiger charge is -2.03. The van der Waals surface area contributed by atoms with Gasteiger partial charge < -0.3 is 10.2 Å². The lowest BCUT2D eigenvalue weighted by molar-refractivity contribution is 0.0696. The molecule has 0 saturated heterocycles. The molecule has 3 rings (SSSR count). The van der Waals surface area contributed by atoms with E-state index in [0.717, 1.165) is 6.07 Å².